The maximum Gasteiger partial charge on any atom is 0.275 e. The molecule has 0 saturated heterocycles. The molecule has 0 atom stereocenters. The van der Waals surface area contributed by atoms with Crippen molar-refractivity contribution in [3.05, 3.63) is 94.6 Å². The van der Waals surface area contributed by atoms with Crippen molar-refractivity contribution in [3.63, 3.8) is 0 Å². The number of aromatic nitrogens is 2. The van der Waals surface area contributed by atoms with Crippen molar-refractivity contribution in [2.24, 2.45) is 5.10 Å². The van der Waals surface area contributed by atoms with Crippen molar-refractivity contribution in [3.8, 4) is 28.4 Å². The number of hydrogen-bond donors (Lipinski definition) is 3. The Morgan fingerprint density at radius 3 is 2.48 bits per heavy atom. The zero-order valence-corrected chi connectivity index (χ0v) is 17.7. The van der Waals surface area contributed by atoms with Crippen LogP contribution in [-0.4, -0.2) is 32.1 Å². The van der Waals surface area contributed by atoms with E-state index in [9.17, 15) is 15.0 Å². The van der Waals surface area contributed by atoms with Crippen LogP contribution < -0.4 is 5.43 Å². The molecule has 3 N–H and O–H groups in total. The van der Waals surface area contributed by atoms with Gasteiger partial charge in [0, 0.05) is 27.9 Å². The number of para-hydroxylation sites is 1. The maximum atomic E-state index is 12.3. The van der Waals surface area contributed by atoms with E-state index in [-0.39, 0.29) is 17.1 Å². The zero-order chi connectivity index (χ0) is 21.8. The average Bonchev–Trinajstić information content (AvgIpc) is 3.19. The molecule has 0 radical (unpaired) electrons. The number of aromatic hydroxyl groups is 2. The van der Waals surface area contributed by atoms with Crippen molar-refractivity contribution >= 4 is 28.1 Å². The summed E-state index contributed by atoms with van der Waals surface area (Å²) in [5.74, 6) is -1.07. The second-order valence-corrected chi connectivity index (χ2v) is 7.54. The van der Waals surface area contributed by atoms with Crippen LogP contribution >= 0.6 is 15.9 Å². The highest BCUT2D eigenvalue weighted by Crippen LogP contribution is 2.25. The lowest BCUT2D eigenvalue weighted by atomic mass is 10.1. The number of benzene rings is 3. The minimum absolute atomic E-state index is 0.00284. The van der Waals surface area contributed by atoms with Gasteiger partial charge in [0.25, 0.3) is 5.91 Å². The average molecular weight is 477 g/mol. The minimum atomic E-state index is -0.602. The molecule has 0 bridgehead atoms. The van der Waals surface area contributed by atoms with Gasteiger partial charge in [-0.15, -0.1) is 0 Å². The molecule has 0 unspecified atom stereocenters. The molecular weight excluding hydrogens is 460 g/mol. The van der Waals surface area contributed by atoms with Gasteiger partial charge in [0.05, 0.1) is 17.5 Å². The van der Waals surface area contributed by atoms with Crippen LogP contribution in [0.2, 0.25) is 0 Å². The molecule has 0 aliphatic rings. The van der Waals surface area contributed by atoms with Crippen molar-refractivity contribution in [1.82, 2.24) is 15.2 Å². The SMILES string of the molecule is O=C(N/N=C\c1cn(-c2ccccc2)nc1-c1ccc(Br)cc1)c1ccc(O)cc1O. The van der Waals surface area contributed by atoms with E-state index in [4.69, 9.17) is 0 Å². The molecule has 0 aliphatic heterocycles. The summed E-state index contributed by atoms with van der Waals surface area (Å²) in [4.78, 5) is 12.3. The smallest absolute Gasteiger partial charge is 0.275 e. The maximum absolute atomic E-state index is 12.3. The van der Waals surface area contributed by atoms with Crippen molar-refractivity contribution in [1.29, 1.82) is 0 Å². The van der Waals surface area contributed by atoms with Crippen LogP contribution in [0.3, 0.4) is 0 Å². The van der Waals surface area contributed by atoms with E-state index in [1.165, 1.54) is 18.3 Å². The molecule has 3 aromatic carbocycles. The predicted molar refractivity (Wildman–Crippen MR) is 122 cm³/mol. The van der Waals surface area contributed by atoms with Crippen molar-refractivity contribution < 1.29 is 15.0 Å². The second-order valence-electron chi connectivity index (χ2n) is 6.62. The van der Waals surface area contributed by atoms with Gasteiger partial charge in [-0.1, -0.05) is 46.3 Å². The predicted octanol–water partition coefficient (Wildman–Crippen LogP) is 4.48. The van der Waals surface area contributed by atoms with E-state index in [1.807, 2.05) is 60.8 Å². The summed E-state index contributed by atoms with van der Waals surface area (Å²) in [6.07, 6.45) is 3.32. The van der Waals surface area contributed by atoms with Gasteiger partial charge in [-0.3, -0.25) is 4.79 Å². The van der Waals surface area contributed by atoms with E-state index in [2.05, 4.69) is 31.6 Å². The standard InChI is InChI=1S/C23H17BrN4O3/c24-17-8-6-15(7-9-17)22-16(14-28(27-22)18-4-2-1-3-5-18)13-25-26-23(31)20-11-10-19(29)12-21(20)30/h1-14,29-30H,(H,26,31)/b25-13-. The Bertz CT molecular complexity index is 1250. The van der Waals surface area contributed by atoms with Crippen LogP contribution in [0, 0.1) is 0 Å². The van der Waals surface area contributed by atoms with Gasteiger partial charge < -0.3 is 10.2 Å². The molecule has 0 saturated carbocycles. The van der Waals surface area contributed by atoms with Crippen LogP contribution in [-0.2, 0) is 0 Å². The van der Waals surface area contributed by atoms with Crippen LogP contribution in [0.5, 0.6) is 11.5 Å². The van der Waals surface area contributed by atoms with Crippen molar-refractivity contribution in [2.45, 2.75) is 0 Å². The molecule has 1 aromatic heterocycles. The lowest BCUT2D eigenvalue weighted by Gasteiger charge is -2.03. The summed E-state index contributed by atoms with van der Waals surface area (Å²) in [5.41, 5.74) is 5.56. The van der Waals surface area contributed by atoms with Gasteiger partial charge in [-0.25, -0.2) is 10.1 Å². The van der Waals surface area contributed by atoms with Crippen LogP contribution in [0.1, 0.15) is 15.9 Å². The van der Waals surface area contributed by atoms with E-state index in [0.29, 0.717) is 11.3 Å². The topological polar surface area (TPSA) is 99.7 Å². The number of nitrogens with one attached hydrogen (secondary N) is 1. The summed E-state index contributed by atoms with van der Waals surface area (Å²) in [7, 11) is 0. The number of amides is 1. The number of halogens is 1. The molecule has 4 aromatic rings. The van der Waals surface area contributed by atoms with Gasteiger partial charge >= 0.3 is 0 Å². The monoisotopic (exact) mass is 476 g/mol. The normalized spacial score (nSPS) is 11.0. The summed E-state index contributed by atoms with van der Waals surface area (Å²) < 4.78 is 2.70. The largest absolute Gasteiger partial charge is 0.508 e. The number of phenolic OH excluding ortho intramolecular Hbond substituents is 2. The number of hydrogen-bond acceptors (Lipinski definition) is 5. The highest BCUT2D eigenvalue weighted by Gasteiger charge is 2.13. The summed E-state index contributed by atoms with van der Waals surface area (Å²) in [5, 5.41) is 27.9. The number of nitrogens with zero attached hydrogens (tertiary/aromatic N) is 3. The van der Waals surface area contributed by atoms with Crippen molar-refractivity contribution in [2.75, 3.05) is 0 Å². The van der Waals surface area contributed by atoms with E-state index in [0.717, 1.165) is 21.8 Å². The first-order valence-corrected chi connectivity index (χ1v) is 10.1. The van der Waals surface area contributed by atoms with Crippen LogP contribution in [0.4, 0.5) is 0 Å². The molecule has 31 heavy (non-hydrogen) atoms. The Morgan fingerprint density at radius 2 is 1.77 bits per heavy atom. The number of rotatable bonds is 5. The molecule has 0 spiro atoms. The molecule has 7 nitrogen and oxygen atoms in total. The third-order valence-corrected chi connectivity index (χ3v) is 5.01. The van der Waals surface area contributed by atoms with Gasteiger partial charge in [-0.05, 0) is 36.4 Å². The third kappa shape index (κ3) is 4.65. The first-order chi connectivity index (χ1) is 15.0. The van der Waals surface area contributed by atoms with Gasteiger partial charge in [-0.2, -0.15) is 10.2 Å². The third-order valence-electron chi connectivity index (χ3n) is 4.48. The molecule has 4 rings (SSSR count). The number of phenols is 2. The number of carbonyl (C=O) groups excluding carboxylic acids is 1. The Labute approximate surface area is 186 Å². The Morgan fingerprint density at radius 1 is 1.03 bits per heavy atom. The fraction of sp³-hybridized carbons (Fsp3) is 0. The summed E-state index contributed by atoms with van der Waals surface area (Å²) in [6.45, 7) is 0. The molecule has 8 heteroatoms. The van der Waals surface area contributed by atoms with Gasteiger partial charge in [0.2, 0.25) is 0 Å². The zero-order valence-electron chi connectivity index (χ0n) is 16.1. The highest BCUT2D eigenvalue weighted by atomic mass is 79.9. The first kappa shape index (κ1) is 20.4. The van der Waals surface area contributed by atoms with E-state index in [1.54, 1.807) is 4.68 Å². The number of carbonyl (C=O) groups is 1. The molecule has 1 heterocycles. The lowest BCUT2D eigenvalue weighted by molar-refractivity contribution is 0.0952. The van der Waals surface area contributed by atoms with Crippen LogP contribution in [0.25, 0.3) is 16.9 Å². The Kier molecular flexibility index (Phi) is 5.81. The fourth-order valence-electron chi connectivity index (χ4n) is 2.96. The Hall–Kier alpha value is -3.91. The molecule has 154 valence electrons. The van der Waals surface area contributed by atoms with Gasteiger partial charge in [0.1, 0.15) is 17.2 Å². The summed E-state index contributed by atoms with van der Waals surface area (Å²) in [6, 6.07) is 21.1. The first-order valence-electron chi connectivity index (χ1n) is 9.27. The highest BCUT2D eigenvalue weighted by molar-refractivity contribution is 9.10. The molecular formula is C23H17BrN4O3. The Balaban J connectivity index is 1.63. The minimum Gasteiger partial charge on any atom is -0.508 e. The fourth-order valence-corrected chi connectivity index (χ4v) is 3.22. The quantitative estimate of drug-likeness (QED) is 0.292. The molecule has 1 amide bonds. The summed E-state index contributed by atoms with van der Waals surface area (Å²) >= 11 is 3.43. The van der Waals surface area contributed by atoms with E-state index < -0.39 is 5.91 Å². The van der Waals surface area contributed by atoms with Gasteiger partial charge in [0.15, 0.2) is 0 Å². The molecule has 0 aliphatic carbocycles. The van der Waals surface area contributed by atoms with Crippen LogP contribution in [0.15, 0.2) is 88.6 Å². The second kappa shape index (κ2) is 8.85. The van der Waals surface area contributed by atoms with E-state index >= 15 is 0 Å². The molecule has 0 fully saturated rings. The number of hydrazone groups is 1. The lowest BCUT2D eigenvalue weighted by Crippen LogP contribution is -2.17.